The Morgan fingerprint density at radius 1 is 1.31 bits per heavy atom. The summed E-state index contributed by atoms with van der Waals surface area (Å²) in [5, 5.41) is 4.12. The first-order valence-corrected chi connectivity index (χ1v) is 5.87. The molecule has 0 amide bonds. The van der Waals surface area contributed by atoms with Gasteiger partial charge in [-0.1, -0.05) is 11.6 Å². The van der Waals surface area contributed by atoms with E-state index >= 15 is 0 Å². The number of hydrogen-bond acceptors (Lipinski definition) is 4. The molecule has 0 radical (unpaired) electrons. The molecule has 88 valence electrons. The van der Waals surface area contributed by atoms with Crippen LogP contribution in [-0.4, -0.2) is 33.2 Å². The van der Waals surface area contributed by atoms with Gasteiger partial charge in [0.2, 0.25) is 0 Å². The average molecular weight is 241 g/mol. The van der Waals surface area contributed by atoms with Gasteiger partial charge in [0.25, 0.3) is 0 Å². The van der Waals surface area contributed by atoms with Crippen LogP contribution in [-0.2, 0) is 0 Å². The standard InChI is InChI=1S/C11H17ClN4/c1-13-15-9-2-3-11(10(12)8-9)16-6-4-14-5-7-16/h2-3,8,13-15H,4-7H2,1H3. The van der Waals surface area contributed by atoms with Crippen molar-refractivity contribution in [1.82, 2.24) is 10.7 Å². The van der Waals surface area contributed by atoms with Crippen LogP contribution >= 0.6 is 11.6 Å². The number of rotatable bonds is 3. The summed E-state index contributed by atoms with van der Waals surface area (Å²) in [6, 6.07) is 6.03. The van der Waals surface area contributed by atoms with E-state index in [1.54, 1.807) is 0 Å². The van der Waals surface area contributed by atoms with Crippen molar-refractivity contribution in [3.8, 4) is 0 Å². The second-order valence-corrected chi connectivity index (χ2v) is 4.19. The third-order valence-corrected chi connectivity index (χ3v) is 2.98. The van der Waals surface area contributed by atoms with Crippen molar-refractivity contribution in [3.63, 3.8) is 0 Å². The Bertz CT molecular complexity index is 350. The van der Waals surface area contributed by atoms with E-state index in [1.165, 1.54) is 0 Å². The number of hydrazine groups is 1. The van der Waals surface area contributed by atoms with E-state index in [0.717, 1.165) is 42.6 Å². The summed E-state index contributed by atoms with van der Waals surface area (Å²) >= 11 is 6.27. The third kappa shape index (κ3) is 2.58. The van der Waals surface area contributed by atoms with Crippen LogP contribution in [0, 0.1) is 0 Å². The minimum absolute atomic E-state index is 0.794. The topological polar surface area (TPSA) is 39.3 Å². The highest BCUT2D eigenvalue weighted by Gasteiger charge is 2.13. The van der Waals surface area contributed by atoms with Gasteiger partial charge < -0.3 is 15.6 Å². The lowest BCUT2D eigenvalue weighted by molar-refractivity contribution is 0.589. The lowest BCUT2D eigenvalue weighted by atomic mass is 10.2. The van der Waals surface area contributed by atoms with Gasteiger partial charge in [0.1, 0.15) is 0 Å². The summed E-state index contributed by atoms with van der Waals surface area (Å²) in [7, 11) is 1.83. The molecule has 2 rings (SSSR count). The highest BCUT2D eigenvalue weighted by molar-refractivity contribution is 6.33. The van der Waals surface area contributed by atoms with Gasteiger partial charge in [0.05, 0.1) is 16.4 Å². The number of nitrogens with zero attached hydrogens (tertiary/aromatic N) is 1. The predicted octanol–water partition coefficient (Wildman–Crippen LogP) is 1.30. The van der Waals surface area contributed by atoms with Crippen molar-refractivity contribution in [1.29, 1.82) is 0 Å². The summed E-state index contributed by atoms with van der Waals surface area (Å²) < 4.78 is 0. The van der Waals surface area contributed by atoms with Crippen molar-refractivity contribution >= 4 is 23.0 Å². The minimum atomic E-state index is 0.794. The molecule has 1 aliphatic rings. The van der Waals surface area contributed by atoms with Crippen LogP contribution in [0.15, 0.2) is 18.2 Å². The van der Waals surface area contributed by atoms with Crippen molar-refractivity contribution < 1.29 is 0 Å². The number of halogens is 1. The molecule has 1 aromatic rings. The zero-order valence-corrected chi connectivity index (χ0v) is 10.1. The SMILES string of the molecule is CNNc1ccc(N2CCNCC2)c(Cl)c1. The maximum atomic E-state index is 6.27. The number of hydrogen-bond donors (Lipinski definition) is 3. The lowest BCUT2D eigenvalue weighted by Crippen LogP contribution is -2.43. The van der Waals surface area contributed by atoms with E-state index in [-0.39, 0.29) is 0 Å². The number of anilines is 2. The predicted molar refractivity (Wildman–Crippen MR) is 69.2 cm³/mol. The number of nitrogens with one attached hydrogen (secondary N) is 3. The fraction of sp³-hybridized carbons (Fsp3) is 0.455. The van der Waals surface area contributed by atoms with Gasteiger partial charge in [-0.15, -0.1) is 0 Å². The summed E-state index contributed by atoms with van der Waals surface area (Å²) in [6.07, 6.45) is 0. The molecule has 0 saturated carbocycles. The molecule has 4 nitrogen and oxygen atoms in total. The summed E-state index contributed by atoms with van der Waals surface area (Å²) in [4.78, 5) is 2.31. The van der Waals surface area contributed by atoms with Crippen LogP contribution in [0.3, 0.4) is 0 Å². The van der Waals surface area contributed by atoms with Crippen molar-refractivity contribution in [2.45, 2.75) is 0 Å². The van der Waals surface area contributed by atoms with Gasteiger partial charge >= 0.3 is 0 Å². The van der Waals surface area contributed by atoms with Crippen LogP contribution in [0.1, 0.15) is 0 Å². The molecule has 0 spiro atoms. The van der Waals surface area contributed by atoms with Gasteiger partial charge in [0.15, 0.2) is 0 Å². The van der Waals surface area contributed by atoms with E-state index in [9.17, 15) is 0 Å². The zero-order chi connectivity index (χ0) is 11.4. The quantitative estimate of drug-likeness (QED) is 0.697. The fourth-order valence-corrected chi connectivity index (χ4v) is 2.19. The first kappa shape index (κ1) is 11.5. The number of piperazine rings is 1. The second kappa shape index (κ2) is 5.39. The minimum Gasteiger partial charge on any atom is -0.368 e. The van der Waals surface area contributed by atoms with Gasteiger partial charge in [0, 0.05) is 33.2 Å². The molecule has 1 aromatic carbocycles. The molecule has 1 heterocycles. The van der Waals surface area contributed by atoms with E-state index in [2.05, 4.69) is 27.1 Å². The van der Waals surface area contributed by atoms with Gasteiger partial charge in [-0.2, -0.15) is 0 Å². The Morgan fingerprint density at radius 3 is 2.69 bits per heavy atom. The molecule has 0 atom stereocenters. The van der Waals surface area contributed by atoms with Crippen LogP contribution in [0.25, 0.3) is 0 Å². The molecular weight excluding hydrogens is 224 g/mol. The highest BCUT2D eigenvalue weighted by Crippen LogP contribution is 2.28. The van der Waals surface area contributed by atoms with Gasteiger partial charge in [-0.25, -0.2) is 5.43 Å². The normalized spacial score (nSPS) is 16.2. The molecule has 1 aliphatic heterocycles. The van der Waals surface area contributed by atoms with E-state index in [1.807, 2.05) is 19.2 Å². The Balaban J connectivity index is 2.14. The van der Waals surface area contributed by atoms with Gasteiger partial charge in [-0.05, 0) is 18.2 Å². The molecule has 1 fully saturated rings. The summed E-state index contributed by atoms with van der Waals surface area (Å²) in [5.41, 5.74) is 7.98. The maximum Gasteiger partial charge on any atom is 0.0660 e. The molecular formula is C11H17ClN4. The Hall–Kier alpha value is -0.970. The van der Waals surface area contributed by atoms with Crippen LogP contribution in [0.5, 0.6) is 0 Å². The fourth-order valence-electron chi connectivity index (χ4n) is 1.89. The Kier molecular flexibility index (Phi) is 3.88. The molecule has 0 bridgehead atoms. The second-order valence-electron chi connectivity index (χ2n) is 3.78. The lowest BCUT2D eigenvalue weighted by Gasteiger charge is -2.30. The van der Waals surface area contributed by atoms with Gasteiger partial charge in [-0.3, -0.25) is 0 Å². The largest absolute Gasteiger partial charge is 0.368 e. The van der Waals surface area contributed by atoms with Crippen molar-refractivity contribution in [2.24, 2.45) is 0 Å². The van der Waals surface area contributed by atoms with Crippen molar-refractivity contribution in [2.75, 3.05) is 43.6 Å². The monoisotopic (exact) mass is 240 g/mol. The van der Waals surface area contributed by atoms with E-state index in [4.69, 9.17) is 11.6 Å². The first-order chi connectivity index (χ1) is 7.81. The van der Waals surface area contributed by atoms with E-state index in [0.29, 0.717) is 0 Å². The molecule has 0 unspecified atom stereocenters. The summed E-state index contributed by atoms with van der Waals surface area (Å²) in [5.74, 6) is 0. The average Bonchev–Trinajstić information content (AvgIpc) is 2.31. The molecule has 0 aromatic heterocycles. The van der Waals surface area contributed by atoms with Crippen LogP contribution in [0.4, 0.5) is 11.4 Å². The number of benzene rings is 1. The highest BCUT2D eigenvalue weighted by atomic mass is 35.5. The molecule has 16 heavy (non-hydrogen) atoms. The Labute approximate surface area is 101 Å². The molecule has 5 heteroatoms. The van der Waals surface area contributed by atoms with Crippen LogP contribution in [0.2, 0.25) is 5.02 Å². The van der Waals surface area contributed by atoms with E-state index < -0.39 is 0 Å². The first-order valence-electron chi connectivity index (χ1n) is 5.49. The smallest absolute Gasteiger partial charge is 0.0660 e. The third-order valence-electron chi connectivity index (χ3n) is 2.67. The maximum absolute atomic E-state index is 6.27. The molecule has 1 saturated heterocycles. The zero-order valence-electron chi connectivity index (χ0n) is 9.39. The Morgan fingerprint density at radius 2 is 2.06 bits per heavy atom. The summed E-state index contributed by atoms with van der Waals surface area (Å²) in [6.45, 7) is 4.07. The molecule has 3 N–H and O–H groups in total. The molecule has 0 aliphatic carbocycles. The van der Waals surface area contributed by atoms with Crippen LogP contribution < -0.4 is 21.1 Å². The van der Waals surface area contributed by atoms with Crippen molar-refractivity contribution in [3.05, 3.63) is 23.2 Å².